The summed E-state index contributed by atoms with van der Waals surface area (Å²) in [5.74, 6) is 0.0702. The van der Waals surface area contributed by atoms with Crippen LogP contribution in [0.4, 0.5) is 0 Å². The Balaban J connectivity index is 1.68. The highest BCUT2D eigenvalue weighted by atomic mass is 35.5. The van der Waals surface area contributed by atoms with Crippen molar-refractivity contribution < 1.29 is 18.7 Å². The van der Waals surface area contributed by atoms with Crippen LogP contribution in [0, 0.1) is 12.8 Å². The van der Waals surface area contributed by atoms with E-state index in [1.165, 1.54) is 0 Å². The molecular formula is C24H25ClN2O4. The summed E-state index contributed by atoms with van der Waals surface area (Å²) in [5.41, 5.74) is 1.81. The van der Waals surface area contributed by atoms with E-state index in [0.29, 0.717) is 34.4 Å². The quantitative estimate of drug-likeness (QED) is 0.487. The van der Waals surface area contributed by atoms with E-state index in [2.05, 4.69) is 10.3 Å². The lowest BCUT2D eigenvalue weighted by molar-refractivity contribution is -0.148. The number of amides is 1. The van der Waals surface area contributed by atoms with Gasteiger partial charge in [-0.3, -0.25) is 4.79 Å². The molecule has 2 atom stereocenters. The van der Waals surface area contributed by atoms with Crippen molar-refractivity contribution >= 4 is 23.5 Å². The smallest absolute Gasteiger partial charge is 0.329 e. The lowest BCUT2D eigenvalue weighted by atomic mass is 9.99. The molecule has 6 nitrogen and oxygen atoms in total. The van der Waals surface area contributed by atoms with Gasteiger partial charge >= 0.3 is 5.97 Å². The number of benzene rings is 2. The Morgan fingerprint density at radius 3 is 2.45 bits per heavy atom. The minimum Gasteiger partial charge on any atom is -0.457 e. The molecule has 3 aromatic rings. The topological polar surface area (TPSA) is 81.4 Å². The summed E-state index contributed by atoms with van der Waals surface area (Å²) in [6, 6.07) is 15.2. The third-order valence-electron chi connectivity index (χ3n) is 5.12. The number of halogens is 1. The van der Waals surface area contributed by atoms with Crippen molar-refractivity contribution in [2.24, 2.45) is 5.92 Å². The molecule has 1 aromatic heterocycles. The molecule has 0 radical (unpaired) electrons. The molecule has 0 spiro atoms. The summed E-state index contributed by atoms with van der Waals surface area (Å²) in [6.07, 6.45) is 0.696. The Hall–Kier alpha value is -3.12. The predicted octanol–water partition coefficient (Wildman–Crippen LogP) is 5.19. The third-order valence-corrected chi connectivity index (χ3v) is 5.38. The van der Waals surface area contributed by atoms with Crippen molar-refractivity contribution in [1.82, 2.24) is 10.3 Å². The molecule has 31 heavy (non-hydrogen) atoms. The van der Waals surface area contributed by atoms with Gasteiger partial charge in [-0.05, 0) is 49.2 Å². The fraction of sp³-hybridized carbons (Fsp3) is 0.292. The maximum atomic E-state index is 12.8. The van der Waals surface area contributed by atoms with Gasteiger partial charge in [-0.25, -0.2) is 9.78 Å². The van der Waals surface area contributed by atoms with Crippen molar-refractivity contribution in [2.75, 3.05) is 0 Å². The molecule has 0 unspecified atom stereocenters. The largest absolute Gasteiger partial charge is 0.457 e. The first-order valence-corrected chi connectivity index (χ1v) is 10.5. The van der Waals surface area contributed by atoms with Crippen LogP contribution < -0.4 is 5.32 Å². The number of aromatic nitrogens is 1. The van der Waals surface area contributed by atoms with Crippen LogP contribution in [0.15, 0.2) is 59.0 Å². The maximum Gasteiger partial charge on any atom is 0.329 e. The zero-order valence-corrected chi connectivity index (χ0v) is 18.5. The molecule has 3 rings (SSSR count). The maximum absolute atomic E-state index is 12.8. The van der Waals surface area contributed by atoms with Crippen LogP contribution in [0.3, 0.4) is 0 Å². The van der Waals surface area contributed by atoms with E-state index in [4.69, 9.17) is 20.8 Å². The molecule has 1 amide bonds. The highest BCUT2D eigenvalue weighted by Crippen LogP contribution is 2.22. The molecular weight excluding hydrogens is 416 g/mol. The molecule has 0 saturated carbocycles. The number of oxazole rings is 1. The van der Waals surface area contributed by atoms with Crippen LogP contribution >= 0.6 is 11.6 Å². The summed E-state index contributed by atoms with van der Waals surface area (Å²) in [5, 5.41) is 3.32. The number of carbonyl (C=O) groups excluding carboxylic acids is 2. The highest BCUT2D eigenvalue weighted by molar-refractivity contribution is 6.30. The lowest BCUT2D eigenvalue weighted by Gasteiger charge is -2.22. The number of carbonyl (C=O) groups is 2. The Morgan fingerprint density at radius 2 is 1.81 bits per heavy atom. The number of esters is 1. The Labute approximate surface area is 186 Å². The summed E-state index contributed by atoms with van der Waals surface area (Å²) >= 11 is 5.88. The number of rotatable bonds is 8. The first kappa shape index (κ1) is 22.6. The fourth-order valence-electron chi connectivity index (χ4n) is 2.99. The van der Waals surface area contributed by atoms with E-state index in [-0.39, 0.29) is 18.4 Å². The third kappa shape index (κ3) is 5.73. The Kier molecular flexibility index (Phi) is 7.47. The predicted molar refractivity (Wildman–Crippen MR) is 119 cm³/mol. The molecule has 2 aromatic carbocycles. The Bertz CT molecular complexity index is 1030. The van der Waals surface area contributed by atoms with Crippen LogP contribution in [-0.2, 0) is 16.1 Å². The zero-order valence-electron chi connectivity index (χ0n) is 17.7. The van der Waals surface area contributed by atoms with E-state index in [1.54, 1.807) is 31.2 Å². The highest BCUT2D eigenvalue weighted by Gasteiger charge is 2.28. The van der Waals surface area contributed by atoms with E-state index in [0.717, 1.165) is 5.56 Å². The monoisotopic (exact) mass is 440 g/mol. The molecule has 0 aliphatic rings. The number of hydrogen-bond donors (Lipinski definition) is 1. The average molecular weight is 441 g/mol. The van der Waals surface area contributed by atoms with E-state index in [1.807, 2.05) is 44.2 Å². The molecule has 7 heteroatoms. The molecule has 1 heterocycles. The van der Waals surface area contributed by atoms with Crippen molar-refractivity contribution in [3.8, 4) is 11.5 Å². The normalized spacial score (nSPS) is 12.8. The van der Waals surface area contributed by atoms with E-state index in [9.17, 15) is 9.59 Å². The number of aryl methyl sites for hydroxylation is 1. The number of nitrogens with zero attached hydrogens (tertiary/aromatic N) is 1. The fourth-order valence-corrected chi connectivity index (χ4v) is 3.12. The van der Waals surface area contributed by atoms with Crippen molar-refractivity contribution in [3.05, 3.63) is 76.6 Å². The number of nitrogens with one attached hydrogen (secondary N) is 1. The summed E-state index contributed by atoms with van der Waals surface area (Å²) in [7, 11) is 0. The minimum atomic E-state index is -0.783. The molecule has 0 saturated heterocycles. The van der Waals surface area contributed by atoms with Crippen LogP contribution in [0.1, 0.15) is 42.1 Å². The van der Waals surface area contributed by atoms with Gasteiger partial charge < -0.3 is 14.5 Å². The molecule has 0 aliphatic heterocycles. The molecule has 0 fully saturated rings. The lowest BCUT2D eigenvalue weighted by Crippen LogP contribution is -2.46. The molecule has 1 N–H and O–H groups in total. The first-order chi connectivity index (χ1) is 14.9. The molecule has 0 aliphatic carbocycles. The van der Waals surface area contributed by atoms with E-state index >= 15 is 0 Å². The van der Waals surface area contributed by atoms with Crippen molar-refractivity contribution in [1.29, 1.82) is 0 Å². The van der Waals surface area contributed by atoms with Crippen LogP contribution in [0.2, 0.25) is 5.02 Å². The summed E-state index contributed by atoms with van der Waals surface area (Å²) < 4.78 is 11.2. The SMILES string of the molecule is CC[C@H](C)[C@H](NC(=O)c1ccc(Cl)cc1)C(=O)OCc1nc(-c2ccccc2)oc1C. The molecule has 0 bridgehead atoms. The average Bonchev–Trinajstić information content (AvgIpc) is 3.16. The van der Waals surface area contributed by atoms with Gasteiger partial charge in [0.25, 0.3) is 5.91 Å². The van der Waals surface area contributed by atoms with Gasteiger partial charge in [0, 0.05) is 16.1 Å². The first-order valence-electron chi connectivity index (χ1n) is 10.1. The van der Waals surface area contributed by atoms with Gasteiger partial charge in [-0.2, -0.15) is 0 Å². The van der Waals surface area contributed by atoms with Gasteiger partial charge in [-0.1, -0.05) is 50.1 Å². The van der Waals surface area contributed by atoms with Gasteiger partial charge in [0.2, 0.25) is 5.89 Å². The zero-order chi connectivity index (χ0) is 22.4. The van der Waals surface area contributed by atoms with Gasteiger partial charge in [0.15, 0.2) is 0 Å². The van der Waals surface area contributed by atoms with Gasteiger partial charge in [0.1, 0.15) is 24.1 Å². The molecule has 162 valence electrons. The van der Waals surface area contributed by atoms with Crippen LogP contribution in [0.5, 0.6) is 0 Å². The van der Waals surface area contributed by atoms with Gasteiger partial charge in [-0.15, -0.1) is 0 Å². The Morgan fingerprint density at radius 1 is 1.13 bits per heavy atom. The minimum absolute atomic E-state index is 0.0370. The summed E-state index contributed by atoms with van der Waals surface area (Å²) in [6.45, 7) is 5.58. The van der Waals surface area contributed by atoms with Crippen LogP contribution in [0.25, 0.3) is 11.5 Å². The summed E-state index contributed by atoms with van der Waals surface area (Å²) in [4.78, 5) is 29.8. The number of hydrogen-bond acceptors (Lipinski definition) is 5. The second-order valence-corrected chi connectivity index (χ2v) is 7.78. The second kappa shape index (κ2) is 10.3. The van der Waals surface area contributed by atoms with Crippen LogP contribution in [-0.4, -0.2) is 22.9 Å². The van der Waals surface area contributed by atoms with E-state index < -0.39 is 12.0 Å². The van der Waals surface area contributed by atoms with Gasteiger partial charge in [0.05, 0.1) is 0 Å². The standard InChI is InChI=1S/C24H25ClN2O4/c1-4-15(2)21(27-22(28)17-10-12-19(25)13-11-17)24(29)30-14-20-16(3)31-23(26-20)18-8-6-5-7-9-18/h5-13,15,21H,4,14H2,1-3H3,(H,27,28)/t15-,21-/m0/s1. The second-order valence-electron chi connectivity index (χ2n) is 7.34. The van der Waals surface area contributed by atoms with Crippen molar-refractivity contribution in [3.63, 3.8) is 0 Å². The number of ether oxygens (including phenoxy) is 1. The van der Waals surface area contributed by atoms with Crippen molar-refractivity contribution in [2.45, 2.75) is 39.8 Å².